The molecule has 1 aliphatic heterocycles. The average molecular weight is 350 g/mol. The van der Waals surface area contributed by atoms with Crippen molar-refractivity contribution < 1.29 is 9.53 Å². The van der Waals surface area contributed by atoms with Gasteiger partial charge in [0.05, 0.1) is 12.2 Å². The van der Waals surface area contributed by atoms with E-state index in [1.54, 1.807) is 11.0 Å². The molecule has 1 N–H and O–H groups in total. The van der Waals surface area contributed by atoms with Gasteiger partial charge in [-0.05, 0) is 36.2 Å². The summed E-state index contributed by atoms with van der Waals surface area (Å²) in [6.07, 6.45) is 4.91. The van der Waals surface area contributed by atoms with Crippen molar-refractivity contribution in [3.63, 3.8) is 0 Å². The highest BCUT2D eigenvalue weighted by Gasteiger charge is 2.32. The summed E-state index contributed by atoms with van der Waals surface area (Å²) in [7, 11) is 0. The summed E-state index contributed by atoms with van der Waals surface area (Å²) in [6.45, 7) is 7.18. The monoisotopic (exact) mass is 350 g/mol. The number of unbranched alkanes of at least 4 members (excludes halogenated alkanes) is 2. The Morgan fingerprint density at radius 3 is 2.85 bits per heavy atom. The Bertz CT molecular complexity index is 772. The van der Waals surface area contributed by atoms with Gasteiger partial charge in [0.25, 0.3) is 5.91 Å². The van der Waals surface area contributed by atoms with Gasteiger partial charge in [-0.15, -0.1) is 6.58 Å². The summed E-state index contributed by atoms with van der Waals surface area (Å²) in [6, 6.07) is 15.6. The lowest BCUT2D eigenvalue weighted by Crippen LogP contribution is -2.42. The van der Waals surface area contributed by atoms with E-state index >= 15 is 0 Å². The van der Waals surface area contributed by atoms with Crippen LogP contribution in [0.5, 0.6) is 5.75 Å². The number of carbonyl (C=O) groups is 1. The molecular weight excluding hydrogens is 324 g/mol. The van der Waals surface area contributed by atoms with Crippen LogP contribution >= 0.6 is 0 Å². The summed E-state index contributed by atoms with van der Waals surface area (Å²) in [5.74, 6) is 0.851. The van der Waals surface area contributed by atoms with Crippen molar-refractivity contribution in [2.24, 2.45) is 0 Å². The molecule has 1 unspecified atom stereocenters. The van der Waals surface area contributed by atoms with Gasteiger partial charge in [0.1, 0.15) is 11.9 Å². The molecule has 0 aliphatic carbocycles. The fourth-order valence-electron chi connectivity index (χ4n) is 3.20. The van der Waals surface area contributed by atoms with E-state index in [2.05, 4.69) is 18.8 Å². The first-order chi connectivity index (χ1) is 12.7. The number of benzene rings is 2. The third-order valence-corrected chi connectivity index (χ3v) is 4.54. The first kappa shape index (κ1) is 18.1. The van der Waals surface area contributed by atoms with Crippen LogP contribution < -0.4 is 10.1 Å². The molecule has 0 radical (unpaired) electrons. The van der Waals surface area contributed by atoms with Crippen LogP contribution in [-0.2, 0) is 0 Å². The smallest absolute Gasteiger partial charge is 0.258 e. The molecule has 136 valence electrons. The van der Waals surface area contributed by atoms with E-state index in [9.17, 15) is 4.79 Å². The molecule has 0 aromatic heterocycles. The highest BCUT2D eigenvalue weighted by atomic mass is 16.5. The van der Waals surface area contributed by atoms with E-state index in [4.69, 9.17) is 4.74 Å². The maximum atomic E-state index is 12.9. The molecule has 1 atom stereocenters. The number of amides is 1. The maximum absolute atomic E-state index is 12.9. The number of hydrogen-bond donors (Lipinski definition) is 1. The van der Waals surface area contributed by atoms with Crippen LogP contribution in [0.25, 0.3) is 0 Å². The quantitative estimate of drug-likeness (QED) is 0.537. The fourth-order valence-corrected chi connectivity index (χ4v) is 3.20. The van der Waals surface area contributed by atoms with Crippen LogP contribution in [0, 0.1) is 0 Å². The molecule has 1 aliphatic rings. The van der Waals surface area contributed by atoms with Gasteiger partial charge in [0.15, 0.2) is 0 Å². The highest BCUT2D eigenvalue weighted by Crippen LogP contribution is 2.33. The molecule has 3 rings (SSSR count). The molecule has 2 aromatic carbocycles. The molecule has 0 spiro atoms. The topological polar surface area (TPSA) is 41.6 Å². The number of fused-ring (bicyclic) bond motifs is 1. The molecular formula is C22H26N2O2. The zero-order valence-electron chi connectivity index (χ0n) is 15.3. The van der Waals surface area contributed by atoms with Crippen molar-refractivity contribution in [2.45, 2.75) is 32.4 Å². The number of carbonyl (C=O) groups excluding carboxylic acids is 1. The number of hydrogen-bond acceptors (Lipinski definition) is 3. The van der Waals surface area contributed by atoms with Crippen LogP contribution in [0.15, 0.2) is 61.2 Å². The second kappa shape index (κ2) is 8.56. The van der Waals surface area contributed by atoms with Gasteiger partial charge in [-0.25, -0.2) is 0 Å². The molecule has 0 bridgehead atoms. The van der Waals surface area contributed by atoms with Crippen LogP contribution in [0.2, 0.25) is 0 Å². The minimum absolute atomic E-state index is 0.0125. The Balaban J connectivity index is 1.84. The predicted octanol–water partition coefficient (Wildman–Crippen LogP) is 5.01. The highest BCUT2D eigenvalue weighted by molar-refractivity contribution is 6.01. The Labute approximate surface area is 155 Å². The van der Waals surface area contributed by atoms with Gasteiger partial charge in [-0.2, -0.15) is 0 Å². The molecule has 2 aromatic rings. The van der Waals surface area contributed by atoms with Gasteiger partial charge in [-0.1, -0.05) is 50.1 Å². The summed E-state index contributed by atoms with van der Waals surface area (Å²) in [4.78, 5) is 14.7. The number of anilines is 1. The summed E-state index contributed by atoms with van der Waals surface area (Å²) >= 11 is 0. The van der Waals surface area contributed by atoms with E-state index in [0.29, 0.717) is 18.7 Å². The summed E-state index contributed by atoms with van der Waals surface area (Å²) in [5.41, 5.74) is 2.55. The van der Waals surface area contributed by atoms with Gasteiger partial charge >= 0.3 is 0 Å². The van der Waals surface area contributed by atoms with E-state index < -0.39 is 0 Å². The van der Waals surface area contributed by atoms with Crippen molar-refractivity contribution in [1.29, 1.82) is 0 Å². The van der Waals surface area contributed by atoms with E-state index in [1.165, 1.54) is 12.8 Å². The van der Waals surface area contributed by atoms with Gasteiger partial charge in [0, 0.05) is 12.2 Å². The van der Waals surface area contributed by atoms with Crippen LogP contribution in [0.3, 0.4) is 0 Å². The van der Waals surface area contributed by atoms with Crippen molar-refractivity contribution in [1.82, 2.24) is 4.90 Å². The van der Waals surface area contributed by atoms with Crippen molar-refractivity contribution in [3.8, 4) is 5.75 Å². The number of ether oxygens (including phenoxy) is 1. The molecule has 4 heteroatoms. The molecule has 0 fully saturated rings. The van der Waals surface area contributed by atoms with E-state index in [-0.39, 0.29) is 12.1 Å². The third kappa shape index (κ3) is 3.90. The Morgan fingerprint density at radius 2 is 2.04 bits per heavy atom. The normalized spacial score (nSPS) is 16.0. The average Bonchev–Trinajstić information content (AvgIpc) is 2.68. The minimum atomic E-state index is -0.241. The van der Waals surface area contributed by atoms with Crippen LogP contribution in [-0.4, -0.2) is 24.0 Å². The number of rotatable bonds is 8. The Morgan fingerprint density at radius 1 is 1.19 bits per heavy atom. The van der Waals surface area contributed by atoms with Crippen molar-refractivity contribution >= 4 is 11.6 Å². The molecule has 1 heterocycles. The van der Waals surface area contributed by atoms with Crippen LogP contribution in [0.1, 0.15) is 48.3 Å². The summed E-state index contributed by atoms with van der Waals surface area (Å²) < 4.78 is 5.88. The first-order valence-electron chi connectivity index (χ1n) is 9.24. The Kier molecular flexibility index (Phi) is 5.95. The lowest BCUT2D eigenvalue weighted by molar-refractivity contribution is 0.0707. The lowest BCUT2D eigenvalue weighted by atomic mass is 10.0. The second-order valence-electron chi connectivity index (χ2n) is 6.47. The minimum Gasteiger partial charge on any atom is -0.494 e. The van der Waals surface area contributed by atoms with E-state index in [0.717, 1.165) is 23.4 Å². The zero-order chi connectivity index (χ0) is 18.4. The summed E-state index contributed by atoms with van der Waals surface area (Å²) in [5, 5.41) is 3.48. The number of nitrogens with zero attached hydrogens (tertiary/aromatic N) is 1. The van der Waals surface area contributed by atoms with Gasteiger partial charge in [0.2, 0.25) is 0 Å². The maximum Gasteiger partial charge on any atom is 0.258 e. The SMILES string of the molecule is C=CCN1C(=O)c2ccccc2NC1c1cccc(OCCCCC)c1. The fraction of sp³-hybridized carbons (Fsp3) is 0.318. The Hall–Kier alpha value is -2.75. The van der Waals surface area contributed by atoms with Crippen molar-refractivity contribution in [2.75, 3.05) is 18.5 Å². The van der Waals surface area contributed by atoms with Gasteiger partial charge in [-0.3, -0.25) is 4.79 Å². The predicted molar refractivity (Wildman–Crippen MR) is 106 cm³/mol. The van der Waals surface area contributed by atoms with E-state index in [1.807, 2.05) is 48.5 Å². The number of para-hydroxylation sites is 1. The number of nitrogens with one attached hydrogen (secondary N) is 1. The second-order valence-corrected chi connectivity index (χ2v) is 6.47. The standard InChI is InChI=1S/C22H26N2O2/c1-3-5-8-15-26-18-11-9-10-17(16-18)21-23-20-13-7-6-12-19(20)22(25)24(21)14-4-2/h4,6-7,9-13,16,21,23H,2-3,5,8,14-15H2,1H3. The van der Waals surface area contributed by atoms with Crippen molar-refractivity contribution in [3.05, 3.63) is 72.3 Å². The molecule has 0 saturated carbocycles. The largest absolute Gasteiger partial charge is 0.494 e. The molecule has 26 heavy (non-hydrogen) atoms. The molecule has 1 amide bonds. The molecule has 0 saturated heterocycles. The zero-order valence-corrected chi connectivity index (χ0v) is 15.3. The lowest BCUT2D eigenvalue weighted by Gasteiger charge is -2.37. The van der Waals surface area contributed by atoms with Gasteiger partial charge < -0.3 is 15.0 Å². The molecule has 4 nitrogen and oxygen atoms in total. The van der Waals surface area contributed by atoms with Crippen LogP contribution in [0.4, 0.5) is 5.69 Å². The first-order valence-corrected chi connectivity index (χ1v) is 9.24. The third-order valence-electron chi connectivity index (χ3n) is 4.54.